The number of carbonyl (C=O) groups is 1. The summed E-state index contributed by atoms with van der Waals surface area (Å²) in [5, 5.41) is 17.8. The highest BCUT2D eigenvalue weighted by Gasteiger charge is 2.23. The number of anilines is 1. The Morgan fingerprint density at radius 2 is 2.10 bits per heavy atom. The molecule has 30 heavy (non-hydrogen) atoms. The maximum Gasteiger partial charge on any atom is 0.253 e. The zero-order valence-corrected chi connectivity index (χ0v) is 16.8. The van der Waals surface area contributed by atoms with Crippen molar-refractivity contribution in [2.45, 2.75) is 32.0 Å². The first-order valence-electron chi connectivity index (χ1n) is 9.97. The molecule has 4 rings (SSSR count). The first-order valence-corrected chi connectivity index (χ1v) is 9.97. The molecule has 9 heteroatoms. The van der Waals surface area contributed by atoms with E-state index in [1.807, 2.05) is 53.1 Å². The quantitative estimate of drug-likeness (QED) is 0.424. The van der Waals surface area contributed by atoms with Gasteiger partial charge in [0.1, 0.15) is 6.10 Å². The number of pyridine rings is 1. The summed E-state index contributed by atoms with van der Waals surface area (Å²) in [5.41, 5.74) is 2.59. The van der Waals surface area contributed by atoms with Gasteiger partial charge in [-0.25, -0.2) is 0 Å². The molecule has 3 N–H and O–H groups in total. The Balaban J connectivity index is 1.31. The lowest BCUT2D eigenvalue weighted by Gasteiger charge is -2.13. The van der Waals surface area contributed by atoms with E-state index in [4.69, 9.17) is 4.74 Å². The van der Waals surface area contributed by atoms with Crippen molar-refractivity contribution < 1.29 is 9.53 Å². The first kappa shape index (κ1) is 19.8. The second-order valence-electron chi connectivity index (χ2n) is 7.02. The molecular weight excluding hydrogens is 382 g/mol. The van der Waals surface area contributed by atoms with E-state index in [1.165, 1.54) is 0 Å². The van der Waals surface area contributed by atoms with Crippen LogP contribution in [0.4, 0.5) is 5.69 Å². The summed E-state index contributed by atoms with van der Waals surface area (Å²) in [6.07, 6.45) is 3.29. The number of hydrogen-bond donors (Lipinski definition) is 3. The Hall–Kier alpha value is -3.46. The van der Waals surface area contributed by atoms with Gasteiger partial charge in [-0.05, 0) is 42.7 Å². The number of fused-ring (bicyclic) bond motifs is 1. The van der Waals surface area contributed by atoms with Crippen LogP contribution in [0.15, 0.2) is 53.7 Å². The van der Waals surface area contributed by atoms with Crippen molar-refractivity contribution in [2.24, 2.45) is 4.99 Å². The van der Waals surface area contributed by atoms with Crippen molar-refractivity contribution in [1.29, 1.82) is 0 Å². The van der Waals surface area contributed by atoms with Crippen LogP contribution in [0.3, 0.4) is 0 Å². The average molecular weight is 407 g/mol. The molecule has 0 aliphatic carbocycles. The van der Waals surface area contributed by atoms with Crippen LogP contribution in [0.1, 0.15) is 24.2 Å². The Labute approximate surface area is 174 Å². The lowest BCUT2D eigenvalue weighted by Crippen LogP contribution is -2.36. The molecule has 3 heterocycles. The number of rotatable bonds is 6. The Kier molecular flexibility index (Phi) is 6.19. The third kappa shape index (κ3) is 4.74. The van der Waals surface area contributed by atoms with Gasteiger partial charge in [0.05, 0.1) is 6.54 Å². The third-order valence-electron chi connectivity index (χ3n) is 4.90. The van der Waals surface area contributed by atoms with E-state index in [2.05, 4.69) is 31.1 Å². The van der Waals surface area contributed by atoms with Crippen LogP contribution in [-0.2, 0) is 22.6 Å². The van der Waals surface area contributed by atoms with E-state index in [-0.39, 0.29) is 12.0 Å². The first-order chi connectivity index (χ1) is 14.7. The van der Waals surface area contributed by atoms with Crippen molar-refractivity contribution in [1.82, 2.24) is 25.2 Å². The van der Waals surface area contributed by atoms with Crippen LogP contribution < -0.4 is 16.0 Å². The molecule has 1 unspecified atom stereocenters. The van der Waals surface area contributed by atoms with Crippen LogP contribution in [0.25, 0.3) is 5.65 Å². The monoisotopic (exact) mass is 407 g/mol. The van der Waals surface area contributed by atoms with Gasteiger partial charge in [-0.2, -0.15) is 0 Å². The molecule has 0 radical (unpaired) electrons. The van der Waals surface area contributed by atoms with Crippen LogP contribution in [0.2, 0.25) is 0 Å². The molecule has 0 spiro atoms. The van der Waals surface area contributed by atoms with E-state index >= 15 is 0 Å². The molecule has 0 bridgehead atoms. The minimum absolute atomic E-state index is 0.0874. The predicted octanol–water partition coefficient (Wildman–Crippen LogP) is 1.71. The summed E-state index contributed by atoms with van der Waals surface area (Å²) in [4.78, 5) is 16.5. The molecule has 1 saturated heterocycles. The Morgan fingerprint density at radius 3 is 2.93 bits per heavy atom. The van der Waals surface area contributed by atoms with E-state index in [0.29, 0.717) is 25.7 Å². The molecule has 9 nitrogen and oxygen atoms in total. The minimum atomic E-state index is -0.344. The molecule has 3 aromatic rings. The summed E-state index contributed by atoms with van der Waals surface area (Å²) in [7, 11) is 1.72. The van der Waals surface area contributed by atoms with Gasteiger partial charge in [0, 0.05) is 32.1 Å². The molecule has 1 aliphatic heterocycles. The summed E-state index contributed by atoms with van der Waals surface area (Å²) in [5.74, 6) is 1.36. The van der Waals surface area contributed by atoms with Crippen molar-refractivity contribution in [3.05, 3.63) is 60.0 Å². The van der Waals surface area contributed by atoms with Gasteiger partial charge in [0.15, 0.2) is 17.4 Å². The van der Waals surface area contributed by atoms with E-state index in [9.17, 15) is 4.79 Å². The zero-order valence-electron chi connectivity index (χ0n) is 16.8. The fourth-order valence-corrected chi connectivity index (χ4v) is 3.35. The standard InChI is InChI=1S/C21H25N7O2/c1-22-21(24-14-19-27-26-18-9-2-3-10-28(18)19)23-13-15-6-4-7-16(12-15)25-20(29)17-8-5-11-30-17/h2-4,6-7,9-10,12,17H,5,8,11,13-14H2,1H3,(H,25,29)(H2,22,23,24). The summed E-state index contributed by atoms with van der Waals surface area (Å²) >= 11 is 0. The van der Waals surface area contributed by atoms with Gasteiger partial charge in [0.2, 0.25) is 0 Å². The van der Waals surface area contributed by atoms with Crippen LogP contribution in [0.5, 0.6) is 0 Å². The van der Waals surface area contributed by atoms with Gasteiger partial charge in [-0.15, -0.1) is 10.2 Å². The van der Waals surface area contributed by atoms with Crippen LogP contribution >= 0.6 is 0 Å². The number of carbonyl (C=O) groups excluding carboxylic acids is 1. The van der Waals surface area contributed by atoms with Crippen molar-refractivity contribution in [3.8, 4) is 0 Å². The number of ether oxygens (including phenoxy) is 1. The maximum atomic E-state index is 12.2. The second kappa shape index (κ2) is 9.36. The SMILES string of the molecule is CN=C(NCc1cccc(NC(=O)C2CCCO2)c1)NCc1nnc2ccccn12. The fraction of sp³-hybridized carbons (Fsp3) is 0.333. The fourth-order valence-electron chi connectivity index (χ4n) is 3.35. The van der Waals surface area contributed by atoms with Crippen LogP contribution in [-0.4, -0.2) is 46.2 Å². The predicted molar refractivity (Wildman–Crippen MR) is 114 cm³/mol. The molecule has 156 valence electrons. The topological polar surface area (TPSA) is 105 Å². The zero-order chi connectivity index (χ0) is 20.8. The van der Waals surface area contributed by atoms with Gasteiger partial charge < -0.3 is 20.7 Å². The average Bonchev–Trinajstić information content (AvgIpc) is 3.45. The van der Waals surface area contributed by atoms with Crippen molar-refractivity contribution in [3.63, 3.8) is 0 Å². The highest BCUT2D eigenvalue weighted by Crippen LogP contribution is 2.16. The van der Waals surface area contributed by atoms with E-state index in [0.717, 1.165) is 35.6 Å². The number of amides is 1. The lowest BCUT2D eigenvalue weighted by molar-refractivity contribution is -0.124. The smallest absolute Gasteiger partial charge is 0.253 e. The minimum Gasteiger partial charge on any atom is -0.368 e. The number of hydrogen-bond acceptors (Lipinski definition) is 5. The van der Waals surface area contributed by atoms with Crippen LogP contribution in [0, 0.1) is 0 Å². The van der Waals surface area contributed by atoms with Crippen molar-refractivity contribution in [2.75, 3.05) is 19.0 Å². The van der Waals surface area contributed by atoms with E-state index in [1.54, 1.807) is 7.05 Å². The molecule has 1 amide bonds. The van der Waals surface area contributed by atoms with E-state index < -0.39 is 0 Å². The number of benzene rings is 1. The Morgan fingerprint density at radius 1 is 1.20 bits per heavy atom. The third-order valence-corrected chi connectivity index (χ3v) is 4.90. The highest BCUT2D eigenvalue weighted by atomic mass is 16.5. The highest BCUT2D eigenvalue weighted by molar-refractivity contribution is 5.94. The molecule has 1 aliphatic rings. The number of aliphatic imine (C=N–C) groups is 1. The van der Waals surface area contributed by atoms with Gasteiger partial charge in [0.25, 0.3) is 5.91 Å². The van der Waals surface area contributed by atoms with Gasteiger partial charge in [-0.3, -0.25) is 14.2 Å². The number of nitrogens with zero attached hydrogens (tertiary/aromatic N) is 4. The number of guanidine groups is 1. The van der Waals surface area contributed by atoms with Crippen molar-refractivity contribution >= 4 is 23.2 Å². The summed E-state index contributed by atoms with van der Waals surface area (Å²) in [6.45, 7) is 1.70. The lowest BCUT2D eigenvalue weighted by atomic mass is 10.2. The molecule has 2 aromatic heterocycles. The second-order valence-corrected chi connectivity index (χ2v) is 7.02. The summed E-state index contributed by atoms with van der Waals surface area (Å²) < 4.78 is 7.37. The normalized spacial score (nSPS) is 16.6. The number of aromatic nitrogens is 3. The molecule has 0 saturated carbocycles. The molecule has 1 fully saturated rings. The van der Waals surface area contributed by atoms with Gasteiger partial charge >= 0.3 is 0 Å². The summed E-state index contributed by atoms with van der Waals surface area (Å²) in [6, 6.07) is 13.5. The molecule has 1 atom stereocenters. The number of nitrogens with one attached hydrogen (secondary N) is 3. The largest absolute Gasteiger partial charge is 0.368 e. The maximum absolute atomic E-state index is 12.2. The molecule has 1 aromatic carbocycles. The Bertz CT molecular complexity index is 1040. The molecular formula is C21H25N7O2. The van der Waals surface area contributed by atoms with Gasteiger partial charge in [-0.1, -0.05) is 18.2 Å².